The molecule has 1 N–H and O–H groups in total. The summed E-state index contributed by atoms with van der Waals surface area (Å²) in [5, 5.41) is 3.25. The molecule has 1 saturated heterocycles. The Morgan fingerprint density at radius 1 is 0.800 bits per heavy atom. The summed E-state index contributed by atoms with van der Waals surface area (Å²) in [6.07, 6.45) is 2.40. The van der Waals surface area contributed by atoms with Gasteiger partial charge in [-0.05, 0) is 72.9 Å². The number of methoxy groups -OCH3 is 1. The van der Waals surface area contributed by atoms with Crippen molar-refractivity contribution in [2.45, 2.75) is 19.8 Å². The monoisotopic (exact) mass is 467 g/mol. The maximum absolute atomic E-state index is 13.5. The normalized spacial score (nSPS) is 16.7. The molecule has 2 aliphatic heterocycles. The van der Waals surface area contributed by atoms with Crippen LogP contribution in [0.15, 0.2) is 84.6 Å². The molecular weight excluding hydrogens is 438 g/mol. The number of nitrogens with zero attached hydrogens (tertiary/aromatic N) is 2. The Bertz CT molecular complexity index is 1240. The number of hydrogen-bond donors (Lipinski definition) is 1. The Morgan fingerprint density at radius 3 is 2.06 bits per heavy atom. The molecule has 3 aromatic rings. The number of anilines is 3. The molecule has 6 heteroatoms. The van der Waals surface area contributed by atoms with E-state index in [1.807, 2.05) is 42.5 Å². The predicted octanol–water partition coefficient (Wildman–Crippen LogP) is 5.33. The van der Waals surface area contributed by atoms with Gasteiger partial charge in [0.25, 0.3) is 11.8 Å². The maximum Gasteiger partial charge on any atom is 0.282 e. The Kier molecular flexibility index (Phi) is 6.27. The minimum Gasteiger partial charge on any atom is -0.497 e. The van der Waals surface area contributed by atoms with Gasteiger partial charge in [0.2, 0.25) is 0 Å². The van der Waals surface area contributed by atoms with Crippen molar-refractivity contribution in [2.75, 3.05) is 35.3 Å². The summed E-state index contributed by atoms with van der Waals surface area (Å²) in [6.45, 7) is 4.42. The van der Waals surface area contributed by atoms with E-state index < -0.39 is 0 Å². The van der Waals surface area contributed by atoms with Gasteiger partial charge in [0.1, 0.15) is 11.4 Å². The van der Waals surface area contributed by atoms with Crippen LogP contribution in [0.25, 0.3) is 5.57 Å². The van der Waals surface area contributed by atoms with Crippen LogP contribution < -0.4 is 19.9 Å². The van der Waals surface area contributed by atoms with Crippen LogP contribution in [0.1, 0.15) is 25.3 Å². The Balaban J connectivity index is 1.45. The third kappa shape index (κ3) is 4.52. The summed E-state index contributed by atoms with van der Waals surface area (Å²) in [6, 6.07) is 24.3. The minimum absolute atomic E-state index is 0.275. The molecule has 0 aliphatic carbocycles. The zero-order valence-corrected chi connectivity index (χ0v) is 20.0. The first-order chi connectivity index (χ1) is 17.0. The summed E-state index contributed by atoms with van der Waals surface area (Å²) < 4.78 is 5.22. The molecule has 0 aromatic heterocycles. The number of rotatable bonds is 6. The number of nitrogens with one attached hydrogen (secondary N) is 1. The van der Waals surface area contributed by atoms with Crippen LogP contribution in [0.5, 0.6) is 5.75 Å². The van der Waals surface area contributed by atoms with Crippen molar-refractivity contribution < 1.29 is 14.3 Å². The van der Waals surface area contributed by atoms with E-state index in [9.17, 15) is 9.59 Å². The van der Waals surface area contributed by atoms with Crippen molar-refractivity contribution in [1.29, 1.82) is 0 Å². The number of imide groups is 1. The van der Waals surface area contributed by atoms with Gasteiger partial charge in [-0.2, -0.15) is 0 Å². The second-order valence-electron chi connectivity index (χ2n) is 9.10. The molecule has 2 heterocycles. The number of hydrogen-bond acceptors (Lipinski definition) is 5. The molecule has 0 unspecified atom stereocenters. The lowest BCUT2D eigenvalue weighted by Crippen LogP contribution is -2.32. The second kappa shape index (κ2) is 9.66. The van der Waals surface area contributed by atoms with Crippen LogP contribution in [-0.2, 0) is 9.59 Å². The van der Waals surface area contributed by atoms with Gasteiger partial charge in [-0.3, -0.25) is 9.59 Å². The third-order valence-electron chi connectivity index (χ3n) is 6.76. The van der Waals surface area contributed by atoms with Crippen LogP contribution in [0, 0.1) is 5.92 Å². The zero-order chi connectivity index (χ0) is 24.4. The zero-order valence-electron chi connectivity index (χ0n) is 20.0. The first-order valence-electron chi connectivity index (χ1n) is 12.0. The Morgan fingerprint density at radius 2 is 1.43 bits per heavy atom. The molecule has 0 bridgehead atoms. The summed E-state index contributed by atoms with van der Waals surface area (Å²) in [5.74, 6) is 0.696. The van der Waals surface area contributed by atoms with Gasteiger partial charge in [0.05, 0.1) is 18.4 Å². The minimum atomic E-state index is -0.381. The van der Waals surface area contributed by atoms with E-state index >= 15 is 0 Å². The highest BCUT2D eigenvalue weighted by atomic mass is 16.5. The first-order valence-corrected chi connectivity index (χ1v) is 12.0. The number of carbonyl (C=O) groups excluding carboxylic acids is 2. The molecule has 0 atom stereocenters. The lowest BCUT2D eigenvalue weighted by atomic mass is 9.99. The maximum atomic E-state index is 13.5. The largest absolute Gasteiger partial charge is 0.497 e. The lowest BCUT2D eigenvalue weighted by Gasteiger charge is -2.32. The van der Waals surface area contributed by atoms with E-state index in [4.69, 9.17) is 4.74 Å². The molecule has 6 nitrogen and oxygen atoms in total. The molecule has 2 amide bonds. The van der Waals surface area contributed by atoms with Gasteiger partial charge in [0, 0.05) is 24.5 Å². The molecule has 2 aliphatic rings. The highest BCUT2D eigenvalue weighted by molar-refractivity contribution is 6.46. The average molecular weight is 468 g/mol. The summed E-state index contributed by atoms with van der Waals surface area (Å²) in [5.41, 5.74) is 3.77. The third-order valence-corrected chi connectivity index (χ3v) is 6.76. The second-order valence-corrected chi connectivity index (χ2v) is 9.10. The van der Waals surface area contributed by atoms with Crippen molar-refractivity contribution in [3.8, 4) is 5.75 Å². The number of benzene rings is 3. The molecule has 1 fully saturated rings. The first kappa shape index (κ1) is 22.7. The lowest BCUT2D eigenvalue weighted by molar-refractivity contribution is -0.120. The molecule has 35 heavy (non-hydrogen) atoms. The summed E-state index contributed by atoms with van der Waals surface area (Å²) in [4.78, 5) is 30.7. The number of piperidine rings is 1. The molecule has 0 spiro atoms. The van der Waals surface area contributed by atoms with Crippen molar-refractivity contribution in [2.24, 2.45) is 5.92 Å². The summed E-state index contributed by atoms with van der Waals surface area (Å²) >= 11 is 0. The van der Waals surface area contributed by atoms with Crippen molar-refractivity contribution in [3.05, 3.63) is 90.1 Å². The molecular formula is C29H29N3O3. The molecule has 0 saturated carbocycles. The standard InChI is InChI=1S/C29H29N3O3/c1-20-16-18-31(19-17-20)23-10-8-22(9-11-23)30-27-26(21-6-4-3-5-7-21)28(33)32(29(27)34)24-12-14-25(35-2)15-13-24/h3-15,20,30H,16-19H2,1-2H3. The molecule has 5 rings (SSSR count). The van der Waals surface area contributed by atoms with Gasteiger partial charge in [-0.1, -0.05) is 37.3 Å². The predicted molar refractivity (Wildman–Crippen MR) is 140 cm³/mol. The SMILES string of the molecule is COc1ccc(N2C(=O)C(Nc3ccc(N4CCC(C)CC4)cc3)=C(c3ccccc3)C2=O)cc1. The Hall–Kier alpha value is -4.06. The molecule has 3 aromatic carbocycles. The van der Waals surface area contributed by atoms with Crippen molar-refractivity contribution >= 4 is 34.4 Å². The average Bonchev–Trinajstić information content (AvgIpc) is 3.14. The number of amides is 2. The fourth-order valence-corrected chi connectivity index (χ4v) is 4.65. The van der Waals surface area contributed by atoms with Crippen LogP contribution in [-0.4, -0.2) is 32.0 Å². The van der Waals surface area contributed by atoms with Crippen LogP contribution >= 0.6 is 0 Å². The fraction of sp³-hybridized carbons (Fsp3) is 0.241. The van der Waals surface area contributed by atoms with Crippen LogP contribution in [0.3, 0.4) is 0 Å². The van der Waals surface area contributed by atoms with Crippen LogP contribution in [0.2, 0.25) is 0 Å². The number of carbonyl (C=O) groups is 2. The smallest absolute Gasteiger partial charge is 0.282 e. The van der Waals surface area contributed by atoms with Gasteiger partial charge >= 0.3 is 0 Å². The highest BCUT2D eigenvalue weighted by Gasteiger charge is 2.40. The van der Waals surface area contributed by atoms with Crippen molar-refractivity contribution in [1.82, 2.24) is 0 Å². The van der Waals surface area contributed by atoms with E-state index in [-0.39, 0.29) is 17.5 Å². The van der Waals surface area contributed by atoms with E-state index in [1.165, 1.54) is 23.4 Å². The molecule has 178 valence electrons. The van der Waals surface area contributed by atoms with Gasteiger partial charge in [0.15, 0.2) is 0 Å². The van der Waals surface area contributed by atoms with E-state index in [1.54, 1.807) is 31.4 Å². The Labute approximate surface area is 205 Å². The summed E-state index contributed by atoms with van der Waals surface area (Å²) in [7, 11) is 1.58. The van der Waals surface area contributed by atoms with E-state index in [2.05, 4.69) is 29.3 Å². The van der Waals surface area contributed by atoms with E-state index in [0.29, 0.717) is 22.6 Å². The van der Waals surface area contributed by atoms with Gasteiger partial charge in [-0.25, -0.2) is 4.90 Å². The van der Waals surface area contributed by atoms with E-state index in [0.717, 1.165) is 24.7 Å². The number of ether oxygens (including phenoxy) is 1. The quantitative estimate of drug-likeness (QED) is 0.497. The van der Waals surface area contributed by atoms with Gasteiger partial charge in [-0.15, -0.1) is 0 Å². The topological polar surface area (TPSA) is 61.9 Å². The fourth-order valence-electron chi connectivity index (χ4n) is 4.65. The van der Waals surface area contributed by atoms with Crippen molar-refractivity contribution in [3.63, 3.8) is 0 Å². The highest BCUT2D eigenvalue weighted by Crippen LogP contribution is 2.34. The van der Waals surface area contributed by atoms with Gasteiger partial charge < -0.3 is 15.0 Å². The van der Waals surface area contributed by atoms with Crippen LogP contribution in [0.4, 0.5) is 17.1 Å². The molecule has 0 radical (unpaired) electrons.